The van der Waals surface area contributed by atoms with Gasteiger partial charge in [-0.3, -0.25) is 4.79 Å². The van der Waals surface area contributed by atoms with Crippen molar-refractivity contribution in [2.75, 3.05) is 0 Å². The number of benzene rings is 6. The smallest absolute Gasteiger partial charge is 0.238 e. The van der Waals surface area contributed by atoms with Crippen LogP contribution in [-0.4, -0.2) is 9.97 Å². The van der Waals surface area contributed by atoms with Gasteiger partial charge in [0.05, 0.1) is 28.7 Å². The maximum Gasteiger partial charge on any atom is 0.238 e. The van der Waals surface area contributed by atoms with Crippen molar-refractivity contribution in [3.05, 3.63) is 173 Å². The van der Waals surface area contributed by atoms with Crippen molar-refractivity contribution in [1.29, 1.82) is 0 Å². The van der Waals surface area contributed by atoms with E-state index in [2.05, 4.69) is 29.1 Å². The van der Waals surface area contributed by atoms with Crippen LogP contribution in [0.25, 0.3) is 82.9 Å². The zero-order valence-electron chi connectivity index (χ0n) is 25.1. The van der Waals surface area contributed by atoms with Crippen molar-refractivity contribution in [2.24, 2.45) is 0 Å². The van der Waals surface area contributed by atoms with Crippen molar-refractivity contribution < 1.29 is 4.42 Å². The van der Waals surface area contributed by atoms with Crippen LogP contribution >= 0.6 is 0 Å². The summed E-state index contributed by atoms with van der Waals surface area (Å²) in [5.41, 5.74) is 9.22. The van der Waals surface area contributed by atoms with E-state index in [1.807, 2.05) is 121 Å². The van der Waals surface area contributed by atoms with E-state index in [9.17, 15) is 4.79 Å². The molecule has 0 bridgehead atoms. The average molecular weight is 604 g/mol. The first kappa shape index (κ1) is 27.9. The minimum atomic E-state index is -0.0402. The second-order valence-electron chi connectivity index (χ2n) is 11.2. The lowest BCUT2D eigenvalue weighted by atomic mass is 9.97. The molecule has 5 nitrogen and oxygen atoms in total. The van der Waals surface area contributed by atoms with Crippen LogP contribution in [-0.2, 0) is 0 Å². The van der Waals surface area contributed by atoms with Crippen LogP contribution in [0.1, 0.15) is 0 Å². The Morgan fingerprint density at radius 1 is 0.468 bits per heavy atom. The molecule has 0 radical (unpaired) electrons. The monoisotopic (exact) mass is 603 g/mol. The Labute approximate surface area is 270 Å². The standard InChI is InChI=1S/C42H25N3O2/c1-43-40-38(27-12-4-2-5-13-27)44-42(45-39(40)28-14-6-3-7-15-28)33-19-11-18-31(25-33)29-16-10-17-30(24-29)32-22-23-37-35(26-32)41(46)34-20-8-9-21-36(34)47-37/h2-26H. The highest BCUT2D eigenvalue weighted by molar-refractivity contribution is 5.92. The van der Waals surface area contributed by atoms with Gasteiger partial charge in [-0.1, -0.05) is 115 Å². The summed E-state index contributed by atoms with van der Waals surface area (Å²) in [6.45, 7) is 8.05. The zero-order valence-corrected chi connectivity index (χ0v) is 25.1. The molecule has 47 heavy (non-hydrogen) atoms. The highest BCUT2D eigenvalue weighted by Gasteiger charge is 2.19. The first-order valence-electron chi connectivity index (χ1n) is 15.2. The van der Waals surface area contributed by atoms with Gasteiger partial charge in [0.15, 0.2) is 5.82 Å². The Morgan fingerprint density at radius 3 is 1.57 bits per heavy atom. The van der Waals surface area contributed by atoms with E-state index in [4.69, 9.17) is 21.0 Å². The molecule has 0 saturated heterocycles. The third kappa shape index (κ3) is 5.14. The summed E-state index contributed by atoms with van der Waals surface area (Å²) in [5.74, 6) is 0.543. The van der Waals surface area contributed by atoms with E-state index in [1.54, 1.807) is 6.07 Å². The lowest BCUT2D eigenvalue weighted by Crippen LogP contribution is -2.01. The maximum absolute atomic E-state index is 13.3. The molecule has 0 unspecified atom stereocenters. The number of rotatable bonds is 5. The van der Waals surface area contributed by atoms with Crippen molar-refractivity contribution in [3.8, 4) is 56.2 Å². The number of hydrogen-bond acceptors (Lipinski definition) is 4. The van der Waals surface area contributed by atoms with Crippen LogP contribution in [0.15, 0.2) is 161 Å². The van der Waals surface area contributed by atoms with Crippen LogP contribution in [0.5, 0.6) is 0 Å². The molecular formula is C42H25N3O2. The normalized spacial score (nSPS) is 11.0. The molecule has 0 N–H and O–H groups in total. The number of fused-ring (bicyclic) bond motifs is 2. The summed E-state index contributed by atoms with van der Waals surface area (Å²) in [7, 11) is 0. The zero-order chi connectivity index (χ0) is 31.7. The fraction of sp³-hybridized carbons (Fsp3) is 0. The molecule has 0 amide bonds. The van der Waals surface area contributed by atoms with E-state index in [0.29, 0.717) is 44.8 Å². The molecule has 0 aliphatic carbocycles. The molecule has 2 heterocycles. The summed E-state index contributed by atoms with van der Waals surface area (Å²) >= 11 is 0. The molecule has 8 aromatic rings. The summed E-state index contributed by atoms with van der Waals surface area (Å²) < 4.78 is 6.03. The molecule has 0 spiro atoms. The van der Waals surface area contributed by atoms with Gasteiger partial charge in [0.25, 0.3) is 0 Å². The summed E-state index contributed by atoms with van der Waals surface area (Å²) in [5, 5.41) is 1.12. The molecule has 2 aromatic heterocycles. The van der Waals surface area contributed by atoms with Gasteiger partial charge >= 0.3 is 0 Å². The molecule has 0 fully saturated rings. The van der Waals surface area contributed by atoms with Crippen LogP contribution in [0.3, 0.4) is 0 Å². The van der Waals surface area contributed by atoms with Gasteiger partial charge in [0.2, 0.25) is 11.1 Å². The summed E-state index contributed by atoms with van der Waals surface area (Å²) in [6.07, 6.45) is 0. The fourth-order valence-electron chi connectivity index (χ4n) is 5.98. The van der Waals surface area contributed by atoms with Gasteiger partial charge in [0, 0.05) is 5.56 Å². The van der Waals surface area contributed by atoms with Crippen molar-refractivity contribution in [3.63, 3.8) is 0 Å². The Kier molecular flexibility index (Phi) is 6.94. The Hall–Kier alpha value is -6.64. The molecule has 8 rings (SSSR count). The van der Waals surface area contributed by atoms with Gasteiger partial charge < -0.3 is 4.42 Å². The molecule has 6 aromatic carbocycles. The molecule has 0 aliphatic heterocycles. The first-order valence-corrected chi connectivity index (χ1v) is 15.2. The largest absolute Gasteiger partial charge is 0.456 e. The molecule has 0 atom stereocenters. The lowest BCUT2D eigenvalue weighted by molar-refractivity contribution is 0.660. The van der Waals surface area contributed by atoms with Crippen LogP contribution in [0.4, 0.5) is 5.69 Å². The SMILES string of the molecule is [C-]#[N+]c1c(-c2ccccc2)nc(-c2cccc(-c3cccc(-c4ccc5oc6ccccc6c(=O)c5c4)c3)c2)nc1-c1ccccc1. The van der Waals surface area contributed by atoms with Gasteiger partial charge in [-0.25, -0.2) is 14.8 Å². The Bertz CT molecular complexity index is 2490. The van der Waals surface area contributed by atoms with E-state index < -0.39 is 0 Å². The second-order valence-corrected chi connectivity index (χ2v) is 11.2. The van der Waals surface area contributed by atoms with E-state index >= 15 is 0 Å². The number of aromatic nitrogens is 2. The first-order chi connectivity index (χ1) is 23.2. The summed E-state index contributed by atoms with van der Waals surface area (Å²) in [6, 6.07) is 49.1. The van der Waals surface area contributed by atoms with Crippen LogP contribution < -0.4 is 5.43 Å². The summed E-state index contributed by atoms with van der Waals surface area (Å²) in [4.78, 5) is 27.1. The average Bonchev–Trinajstić information content (AvgIpc) is 3.15. The van der Waals surface area contributed by atoms with E-state index in [0.717, 1.165) is 38.9 Å². The molecule has 5 heteroatoms. The van der Waals surface area contributed by atoms with Crippen LogP contribution in [0.2, 0.25) is 0 Å². The highest BCUT2D eigenvalue weighted by atomic mass is 16.3. The van der Waals surface area contributed by atoms with Gasteiger partial charge in [0.1, 0.15) is 11.2 Å². The minimum absolute atomic E-state index is 0.0402. The van der Waals surface area contributed by atoms with E-state index in [-0.39, 0.29) is 5.43 Å². The third-order valence-electron chi connectivity index (χ3n) is 8.32. The maximum atomic E-state index is 13.3. The van der Waals surface area contributed by atoms with Crippen molar-refractivity contribution in [2.45, 2.75) is 0 Å². The number of hydrogen-bond donors (Lipinski definition) is 0. The molecule has 0 aliphatic rings. The molecular weight excluding hydrogens is 578 g/mol. The highest BCUT2D eigenvalue weighted by Crippen LogP contribution is 2.39. The topological polar surface area (TPSA) is 60.4 Å². The Morgan fingerprint density at radius 2 is 0.957 bits per heavy atom. The second kappa shape index (κ2) is 11.7. The lowest BCUT2D eigenvalue weighted by Gasteiger charge is -2.13. The van der Waals surface area contributed by atoms with Crippen molar-refractivity contribution in [1.82, 2.24) is 9.97 Å². The predicted octanol–water partition coefficient (Wildman–Crippen LogP) is 10.6. The molecule has 220 valence electrons. The third-order valence-corrected chi connectivity index (χ3v) is 8.32. The minimum Gasteiger partial charge on any atom is -0.456 e. The van der Waals surface area contributed by atoms with Crippen LogP contribution in [0, 0.1) is 6.57 Å². The van der Waals surface area contributed by atoms with Gasteiger partial charge in [-0.15, -0.1) is 0 Å². The molecule has 0 saturated carbocycles. The quantitative estimate of drug-likeness (QED) is 0.145. The van der Waals surface area contributed by atoms with Gasteiger partial charge in [-0.2, -0.15) is 0 Å². The van der Waals surface area contributed by atoms with Gasteiger partial charge in [-0.05, 0) is 69.8 Å². The predicted molar refractivity (Wildman–Crippen MR) is 189 cm³/mol. The Balaban J connectivity index is 1.23. The number of para-hydroxylation sites is 1. The fourth-order valence-corrected chi connectivity index (χ4v) is 5.98. The number of nitrogens with zero attached hydrogens (tertiary/aromatic N) is 3. The van der Waals surface area contributed by atoms with E-state index in [1.165, 1.54) is 0 Å². The van der Waals surface area contributed by atoms with Crippen molar-refractivity contribution >= 4 is 27.6 Å².